The number of anilines is 1. The van der Waals surface area contributed by atoms with Crippen molar-refractivity contribution >= 4 is 17.4 Å². The fraction of sp³-hybridized carbons (Fsp3) is 0.300. The number of ketones is 1. The number of aryl methyl sites for hydroxylation is 1. The van der Waals surface area contributed by atoms with Gasteiger partial charge in [-0.05, 0) is 42.7 Å². The van der Waals surface area contributed by atoms with Gasteiger partial charge in [0, 0.05) is 18.2 Å². The lowest BCUT2D eigenvalue weighted by Crippen LogP contribution is -2.49. The van der Waals surface area contributed by atoms with Gasteiger partial charge in [0.15, 0.2) is 11.4 Å². The molecule has 4 rings (SSSR count). The number of benzene rings is 2. The first kappa shape index (κ1) is 15.8. The summed E-state index contributed by atoms with van der Waals surface area (Å²) in [4.78, 5) is 27.4. The fourth-order valence-electron chi connectivity index (χ4n) is 4.07. The van der Waals surface area contributed by atoms with Gasteiger partial charge in [0.25, 0.3) is 5.91 Å². The zero-order valence-corrected chi connectivity index (χ0v) is 14.2. The molecule has 1 heterocycles. The number of hydrogen-bond acceptors (Lipinski definition) is 4. The summed E-state index contributed by atoms with van der Waals surface area (Å²) in [5, 5.41) is 11.4. The van der Waals surface area contributed by atoms with Crippen LogP contribution in [0, 0.1) is 5.92 Å². The predicted octanol–water partition coefficient (Wildman–Crippen LogP) is 2.30. The van der Waals surface area contributed by atoms with Gasteiger partial charge < -0.3 is 14.7 Å². The van der Waals surface area contributed by atoms with Gasteiger partial charge in [-0.25, -0.2) is 0 Å². The van der Waals surface area contributed by atoms with Crippen LogP contribution in [0.3, 0.4) is 0 Å². The van der Waals surface area contributed by atoms with E-state index < -0.39 is 17.4 Å². The zero-order chi connectivity index (χ0) is 17.8. The summed E-state index contributed by atoms with van der Waals surface area (Å²) in [6.07, 6.45) is 1.04. The van der Waals surface area contributed by atoms with Crippen LogP contribution in [0.4, 0.5) is 5.69 Å². The monoisotopic (exact) mass is 337 g/mol. The molecule has 2 aliphatic rings. The number of carbonyl (C=O) groups is 2. The quantitative estimate of drug-likeness (QED) is 0.913. The Kier molecular flexibility index (Phi) is 3.44. The number of Topliss-reactive ketones (excluding diaryl/α,β-unsaturated/α-hetero) is 1. The van der Waals surface area contributed by atoms with Crippen LogP contribution in [-0.4, -0.2) is 31.0 Å². The number of para-hydroxylation sites is 1. The first-order chi connectivity index (χ1) is 12.0. The minimum absolute atomic E-state index is 0.190. The zero-order valence-electron chi connectivity index (χ0n) is 14.2. The number of fused-ring (bicyclic) bond motifs is 2. The lowest BCUT2D eigenvalue weighted by molar-refractivity contribution is -0.140. The van der Waals surface area contributed by atoms with E-state index in [2.05, 4.69) is 0 Å². The number of likely N-dealkylation sites (N-methyl/N-ethyl adjacent to an activating group) is 1. The van der Waals surface area contributed by atoms with Gasteiger partial charge in [0.2, 0.25) is 0 Å². The number of methoxy groups -OCH3 is 1. The fourth-order valence-corrected chi connectivity index (χ4v) is 4.07. The number of aliphatic hydroxyl groups is 1. The van der Waals surface area contributed by atoms with E-state index in [1.165, 1.54) is 4.90 Å². The molecule has 0 saturated heterocycles. The first-order valence-electron chi connectivity index (χ1n) is 8.29. The van der Waals surface area contributed by atoms with Crippen LogP contribution in [0.2, 0.25) is 0 Å². The molecule has 5 heteroatoms. The Morgan fingerprint density at radius 1 is 1.20 bits per heavy atom. The molecule has 2 aromatic carbocycles. The van der Waals surface area contributed by atoms with Crippen molar-refractivity contribution < 1.29 is 19.4 Å². The summed E-state index contributed by atoms with van der Waals surface area (Å²) in [5.74, 6) is -0.716. The Balaban J connectivity index is 1.80. The van der Waals surface area contributed by atoms with Gasteiger partial charge in [-0.3, -0.25) is 9.59 Å². The van der Waals surface area contributed by atoms with E-state index >= 15 is 0 Å². The Morgan fingerprint density at radius 2 is 1.96 bits per heavy atom. The molecule has 1 aliphatic heterocycles. The van der Waals surface area contributed by atoms with E-state index in [1.807, 2.05) is 12.1 Å². The smallest absolute Gasteiger partial charge is 0.264 e. The highest BCUT2D eigenvalue weighted by atomic mass is 16.5. The van der Waals surface area contributed by atoms with Gasteiger partial charge in [-0.15, -0.1) is 0 Å². The lowest BCUT2D eigenvalue weighted by atomic mass is 9.71. The third kappa shape index (κ3) is 2.05. The van der Waals surface area contributed by atoms with E-state index in [9.17, 15) is 14.7 Å². The van der Waals surface area contributed by atoms with Crippen molar-refractivity contribution in [3.8, 4) is 5.75 Å². The minimum atomic E-state index is -1.81. The van der Waals surface area contributed by atoms with Crippen molar-refractivity contribution in [3.63, 3.8) is 0 Å². The van der Waals surface area contributed by atoms with Crippen molar-refractivity contribution in [1.82, 2.24) is 0 Å². The molecule has 1 amide bonds. The predicted molar refractivity (Wildman–Crippen MR) is 92.9 cm³/mol. The van der Waals surface area contributed by atoms with Crippen molar-refractivity contribution in [2.75, 3.05) is 19.1 Å². The first-order valence-corrected chi connectivity index (χ1v) is 8.29. The van der Waals surface area contributed by atoms with Gasteiger partial charge in [-0.1, -0.05) is 18.2 Å². The van der Waals surface area contributed by atoms with Crippen molar-refractivity contribution in [1.29, 1.82) is 0 Å². The van der Waals surface area contributed by atoms with E-state index in [-0.39, 0.29) is 5.78 Å². The van der Waals surface area contributed by atoms with Crippen molar-refractivity contribution in [2.45, 2.75) is 18.4 Å². The normalized spacial score (nSPS) is 24.9. The molecule has 1 aliphatic carbocycles. The molecule has 0 fully saturated rings. The van der Waals surface area contributed by atoms with Gasteiger partial charge in [0.1, 0.15) is 5.75 Å². The molecule has 25 heavy (non-hydrogen) atoms. The Labute approximate surface area is 145 Å². The van der Waals surface area contributed by atoms with E-state index in [1.54, 1.807) is 44.5 Å². The van der Waals surface area contributed by atoms with Crippen molar-refractivity contribution in [3.05, 3.63) is 59.2 Å². The molecule has 0 aromatic heterocycles. The number of ether oxygens (including phenoxy) is 1. The third-order valence-corrected chi connectivity index (χ3v) is 5.41. The highest BCUT2D eigenvalue weighted by Crippen LogP contribution is 2.47. The molecule has 0 spiro atoms. The Bertz CT molecular complexity index is 891. The highest BCUT2D eigenvalue weighted by molar-refractivity contribution is 6.12. The molecule has 2 atom stereocenters. The molecule has 0 bridgehead atoms. The maximum atomic E-state index is 13.1. The second-order valence-electron chi connectivity index (χ2n) is 6.63. The third-order valence-electron chi connectivity index (χ3n) is 5.41. The summed E-state index contributed by atoms with van der Waals surface area (Å²) in [6, 6.07) is 12.4. The van der Waals surface area contributed by atoms with Crippen LogP contribution in [0.5, 0.6) is 5.75 Å². The Morgan fingerprint density at radius 3 is 2.72 bits per heavy atom. The number of hydrogen-bond donors (Lipinski definition) is 1. The molecule has 0 unspecified atom stereocenters. The van der Waals surface area contributed by atoms with Crippen LogP contribution in [0.1, 0.15) is 27.9 Å². The number of carbonyl (C=O) groups excluding carboxylic acids is 2. The molecule has 0 saturated carbocycles. The van der Waals surface area contributed by atoms with Crippen LogP contribution < -0.4 is 9.64 Å². The summed E-state index contributed by atoms with van der Waals surface area (Å²) in [6.45, 7) is 0. The summed E-state index contributed by atoms with van der Waals surface area (Å²) < 4.78 is 5.22. The van der Waals surface area contributed by atoms with Crippen LogP contribution in [0.25, 0.3) is 0 Å². The molecular weight excluding hydrogens is 318 g/mol. The SMILES string of the molecule is COc1ccc2c(c1)CC[C@H]([C@]1(O)C(=O)N(C)c3ccccc31)C2=O. The molecule has 5 nitrogen and oxygen atoms in total. The largest absolute Gasteiger partial charge is 0.497 e. The number of nitrogens with zero attached hydrogens (tertiary/aromatic N) is 1. The second kappa shape index (κ2) is 5.43. The number of rotatable bonds is 2. The molecule has 2 aromatic rings. The topological polar surface area (TPSA) is 66.8 Å². The molecule has 1 N–H and O–H groups in total. The van der Waals surface area contributed by atoms with E-state index in [0.29, 0.717) is 35.4 Å². The molecule has 0 radical (unpaired) electrons. The minimum Gasteiger partial charge on any atom is -0.497 e. The Hall–Kier alpha value is -2.66. The average molecular weight is 337 g/mol. The summed E-state index contributed by atoms with van der Waals surface area (Å²) in [7, 11) is 3.22. The summed E-state index contributed by atoms with van der Waals surface area (Å²) >= 11 is 0. The van der Waals surface area contributed by atoms with Crippen LogP contribution in [0.15, 0.2) is 42.5 Å². The number of amides is 1. The second-order valence-corrected chi connectivity index (χ2v) is 6.63. The molecular formula is C20H19NO4. The van der Waals surface area contributed by atoms with Crippen LogP contribution >= 0.6 is 0 Å². The van der Waals surface area contributed by atoms with Crippen molar-refractivity contribution in [2.24, 2.45) is 5.92 Å². The lowest BCUT2D eigenvalue weighted by Gasteiger charge is -2.34. The van der Waals surface area contributed by atoms with Gasteiger partial charge in [0.05, 0.1) is 18.7 Å². The van der Waals surface area contributed by atoms with E-state index in [4.69, 9.17) is 4.74 Å². The molecule has 128 valence electrons. The van der Waals surface area contributed by atoms with Gasteiger partial charge >= 0.3 is 0 Å². The van der Waals surface area contributed by atoms with Gasteiger partial charge in [-0.2, -0.15) is 0 Å². The standard InChI is InChI=1S/C20H19NO4/c1-21-17-6-4-3-5-15(17)20(24,19(21)23)16-10-7-12-11-13(25-2)8-9-14(12)18(16)22/h3-6,8-9,11,16,24H,7,10H2,1-2H3/t16-,20-/m0/s1. The average Bonchev–Trinajstić information content (AvgIpc) is 2.84. The maximum absolute atomic E-state index is 13.1. The highest BCUT2D eigenvalue weighted by Gasteiger charge is 2.56. The maximum Gasteiger partial charge on any atom is 0.264 e. The van der Waals surface area contributed by atoms with Crippen LogP contribution in [-0.2, 0) is 16.8 Å². The summed E-state index contributed by atoms with van der Waals surface area (Å²) in [5.41, 5.74) is 0.822. The van der Waals surface area contributed by atoms with E-state index in [0.717, 1.165) is 5.56 Å².